The maximum atomic E-state index is 4.50. The summed E-state index contributed by atoms with van der Waals surface area (Å²) >= 11 is 0. The molecule has 3 heterocycles. The molecule has 0 atom stereocenters. The van der Waals surface area contributed by atoms with Crippen LogP contribution in [0.5, 0.6) is 0 Å². The van der Waals surface area contributed by atoms with E-state index in [0.29, 0.717) is 0 Å². The van der Waals surface area contributed by atoms with Crippen molar-refractivity contribution in [3.8, 4) is 0 Å². The molecule has 3 aromatic heterocycles. The number of imidazole rings is 1. The summed E-state index contributed by atoms with van der Waals surface area (Å²) in [6, 6.07) is 4.04. The summed E-state index contributed by atoms with van der Waals surface area (Å²) in [5.41, 5.74) is 2.08. The van der Waals surface area contributed by atoms with E-state index in [2.05, 4.69) is 25.6 Å². The predicted octanol–water partition coefficient (Wildman–Crippen LogP) is 1.82. The first-order valence-corrected chi connectivity index (χ1v) is 6.51. The minimum atomic E-state index is 0.788. The molecule has 6 heteroatoms. The van der Waals surface area contributed by atoms with Crippen LogP contribution >= 0.6 is 0 Å². The van der Waals surface area contributed by atoms with E-state index in [1.165, 1.54) is 5.56 Å². The summed E-state index contributed by atoms with van der Waals surface area (Å²) in [6.07, 6.45) is 10.1. The Balaban J connectivity index is 1.75. The smallest absolute Gasteiger partial charge is 0.180 e. The Bertz CT molecular complexity index is 691. The number of pyridine rings is 1. The lowest BCUT2D eigenvalue weighted by molar-refractivity contribution is 0.993. The van der Waals surface area contributed by atoms with Gasteiger partial charge in [0.2, 0.25) is 0 Å². The van der Waals surface area contributed by atoms with Crippen molar-refractivity contribution in [2.45, 2.75) is 6.42 Å². The van der Waals surface area contributed by atoms with Gasteiger partial charge in [-0.15, -0.1) is 0 Å². The van der Waals surface area contributed by atoms with Gasteiger partial charge in [-0.3, -0.25) is 4.98 Å². The molecule has 3 rings (SSSR count). The van der Waals surface area contributed by atoms with Gasteiger partial charge in [-0.1, -0.05) is 0 Å². The summed E-state index contributed by atoms with van der Waals surface area (Å²) in [7, 11) is 1.85. The van der Waals surface area contributed by atoms with E-state index in [-0.39, 0.29) is 0 Å². The number of fused-ring (bicyclic) bond motifs is 1. The molecule has 0 spiro atoms. The lowest BCUT2D eigenvalue weighted by atomic mass is 10.2. The van der Waals surface area contributed by atoms with Crippen molar-refractivity contribution in [3.63, 3.8) is 0 Å². The molecule has 6 nitrogen and oxygen atoms in total. The fourth-order valence-electron chi connectivity index (χ4n) is 2.05. The van der Waals surface area contributed by atoms with Crippen molar-refractivity contribution in [1.29, 1.82) is 0 Å². The topological polar surface area (TPSA) is 67.1 Å². The van der Waals surface area contributed by atoms with E-state index < -0.39 is 0 Å². The molecular weight excluding hydrogens is 252 g/mol. The number of anilines is 2. The number of rotatable bonds is 5. The number of nitrogens with one attached hydrogen (secondary N) is 2. The van der Waals surface area contributed by atoms with Crippen LogP contribution in [0.2, 0.25) is 0 Å². The van der Waals surface area contributed by atoms with Gasteiger partial charge in [-0.25, -0.2) is 9.97 Å². The van der Waals surface area contributed by atoms with Crippen LogP contribution in [0.25, 0.3) is 5.65 Å². The second-order valence-corrected chi connectivity index (χ2v) is 4.42. The first kappa shape index (κ1) is 12.4. The highest BCUT2D eigenvalue weighted by Crippen LogP contribution is 2.15. The molecule has 2 N–H and O–H groups in total. The highest BCUT2D eigenvalue weighted by Gasteiger charge is 2.06. The zero-order valence-electron chi connectivity index (χ0n) is 11.2. The molecule has 0 saturated carbocycles. The Hall–Kier alpha value is -2.63. The first-order valence-electron chi connectivity index (χ1n) is 6.51. The summed E-state index contributed by atoms with van der Waals surface area (Å²) < 4.78 is 1.95. The van der Waals surface area contributed by atoms with Crippen LogP contribution < -0.4 is 10.6 Å². The average molecular weight is 268 g/mol. The van der Waals surface area contributed by atoms with Crippen molar-refractivity contribution in [3.05, 3.63) is 48.7 Å². The molecule has 0 aromatic carbocycles. The Kier molecular flexibility index (Phi) is 3.45. The Labute approximate surface area is 116 Å². The molecule has 102 valence electrons. The molecule has 3 aromatic rings. The molecule has 0 unspecified atom stereocenters. The number of nitrogens with zero attached hydrogens (tertiary/aromatic N) is 4. The molecule has 20 heavy (non-hydrogen) atoms. The number of aromatic nitrogens is 4. The van der Waals surface area contributed by atoms with Crippen molar-refractivity contribution in [2.75, 3.05) is 24.2 Å². The van der Waals surface area contributed by atoms with E-state index in [1.807, 2.05) is 48.4 Å². The predicted molar refractivity (Wildman–Crippen MR) is 79.0 cm³/mol. The van der Waals surface area contributed by atoms with Gasteiger partial charge in [-0.2, -0.15) is 0 Å². The minimum absolute atomic E-state index is 0.788. The van der Waals surface area contributed by atoms with Crippen molar-refractivity contribution in [1.82, 2.24) is 19.4 Å². The van der Waals surface area contributed by atoms with Gasteiger partial charge in [0, 0.05) is 38.4 Å². The summed E-state index contributed by atoms with van der Waals surface area (Å²) in [4.78, 5) is 12.8. The zero-order valence-corrected chi connectivity index (χ0v) is 11.2. The molecular formula is C14H16N6. The molecule has 0 amide bonds. The first-order chi connectivity index (χ1) is 9.86. The average Bonchev–Trinajstić information content (AvgIpc) is 2.96. The largest absolute Gasteiger partial charge is 0.372 e. The van der Waals surface area contributed by atoms with E-state index in [9.17, 15) is 0 Å². The summed E-state index contributed by atoms with van der Waals surface area (Å²) in [5.74, 6) is 1.60. The van der Waals surface area contributed by atoms with Gasteiger partial charge in [-0.05, 0) is 24.1 Å². The lowest BCUT2D eigenvalue weighted by Gasteiger charge is -2.09. The number of hydrogen-bond donors (Lipinski definition) is 2. The molecule has 0 aliphatic rings. The standard InChI is InChI=1S/C14H16N6/c1-15-12-10-20-9-8-18-14(20)13(19-12)17-7-4-11-2-5-16-6-3-11/h2-3,5-6,8-10,15H,4,7H2,1H3,(H,17,19). The van der Waals surface area contributed by atoms with Crippen molar-refractivity contribution >= 4 is 17.3 Å². The molecule has 0 aliphatic heterocycles. The second kappa shape index (κ2) is 5.56. The zero-order chi connectivity index (χ0) is 13.8. The van der Waals surface area contributed by atoms with Gasteiger partial charge in [0.1, 0.15) is 5.82 Å². The molecule has 0 radical (unpaired) electrons. The van der Waals surface area contributed by atoms with Crippen LogP contribution in [0, 0.1) is 0 Å². The van der Waals surface area contributed by atoms with Gasteiger partial charge in [0.05, 0.1) is 6.20 Å². The van der Waals surface area contributed by atoms with E-state index in [1.54, 1.807) is 6.20 Å². The third-order valence-electron chi connectivity index (χ3n) is 3.09. The molecule has 0 fully saturated rings. The van der Waals surface area contributed by atoms with Crippen LogP contribution in [-0.4, -0.2) is 32.9 Å². The Morgan fingerprint density at radius 3 is 2.85 bits per heavy atom. The SMILES string of the molecule is CNc1cn2ccnc2c(NCCc2ccncc2)n1. The van der Waals surface area contributed by atoms with Gasteiger partial charge < -0.3 is 15.0 Å². The van der Waals surface area contributed by atoms with Crippen LogP contribution in [0.4, 0.5) is 11.6 Å². The number of hydrogen-bond acceptors (Lipinski definition) is 5. The fourth-order valence-corrected chi connectivity index (χ4v) is 2.05. The highest BCUT2D eigenvalue weighted by atomic mass is 15.1. The third kappa shape index (κ3) is 2.54. The quantitative estimate of drug-likeness (QED) is 0.739. The molecule has 0 aliphatic carbocycles. The van der Waals surface area contributed by atoms with Crippen LogP contribution in [0.3, 0.4) is 0 Å². The molecule has 0 saturated heterocycles. The van der Waals surface area contributed by atoms with Crippen molar-refractivity contribution in [2.24, 2.45) is 0 Å². The third-order valence-corrected chi connectivity index (χ3v) is 3.09. The van der Waals surface area contributed by atoms with Gasteiger partial charge in [0.15, 0.2) is 11.5 Å². The lowest BCUT2D eigenvalue weighted by Crippen LogP contribution is -2.09. The van der Waals surface area contributed by atoms with Crippen LogP contribution in [0.15, 0.2) is 43.1 Å². The maximum Gasteiger partial charge on any atom is 0.180 e. The summed E-state index contributed by atoms with van der Waals surface area (Å²) in [5, 5.41) is 6.39. The van der Waals surface area contributed by atoms with Gasteiger partial charge in [0.25, 0.3) is 0 Å². The van der Waals surface area contributed by atoms with E-state index in [4.69, 9.17) is 0 Å². The van der Waals surface area contributed by atoms with E-state index >= 15 is 0 Å². The molecule has 0 bridgehead atoms. The Morgan fingerprint density at radius 1 is 1.20 bits per heavy atom. The van der Waals surface area contributed by atoms with Gasteiger partial charge >= 0.3 is 0 Å². The normalized spacial score (nSPS) is 10.7. The van der Waals surface area contributed by atoms with Crippen LogP contribution in [0.1, 0.15) is 5.56 Å². The van der Waals surface area contributed by atoms with E-state index in [0.717, 1.165) is 30.2 Å². The van der Waals surface area contributed by atoms with Crippen molar-refractivity contribution < 1.29 is 0 Å². The monoisotopic (exact) mass is 268 g/mol. The maximum absolute atomic E-state index is 4.50. The highest BCUT2D eigenvalue weighted by molar-refractivity contribution is 5.65. The second-order valence-electron chi connectivity index (χ2n) is 4.42. The Morgan fingerprint density at radius 2 is 2.05 bits per heavy atom. The van der Waals surface area contributed by atoms with Crippen LogP contribution in [-0.2, 0) is 6.42 Å². The summed E-state index contributed by atoms with van der Waals surface area (Å²) in [6.45, 7) is 0.798. The fraction of sp³-hybridized carbons (Fsp3) is 0.214. The minimum Gasteiger partial charge on any atom is -0.372 e.